The fourth-order valence-electron chi connectivity index (χ4n) is 1.96. The number of rotatable bonds is 3. The van der Waals surface area contributed by atoms with Gasteiger partial charge in [-0.2, -0.15) is 0 Å². The van der Waals surface area contributed by atoms with Gasteiger partial charge in [-0.25, -0.2) is 0 Å². The van der Waals surface area contributed by atoms with Gasteiger partial charge in [0, 0.05) is 27.4 Å². The highest BCUT2D eigenvalue weighted by Crippen LogP contribution is 2.15. The second-order valence-electron chi connectivity index (χ2n) is 6.25. The van der Waals surface area contributed by atoms with Crippen LogP contribution in [-0.2, 0) is 0 Å². The molecular formula is C18H19ClN2O2. The molecule has 2 aromatic rings. The zero-order chi connectivity index (χ0) is 17.0. The van der Waals surface area contributed by atoms with E-state index < -0.39 is 0 Å². The number of nitrogens with one attached hydrogen (secondary N) is 2. The number of halogens is 1. The van der Waals surface area contributed by atoms with Gasteiger partial charge in [0.25, 0.3) is 11.8 Å². The molecule has 5 heteroatoms. The molecule has 23 heavy (non-hydrogen) atoms. The molecule has 0 radical (unpaired) electrons. The van der Waals surface area contributed by atoms with Crippen molar-refractivity contribution in [2.75, 3.05) is 5.32 Å². The molecule has 0 bridgehead atoms. The summed E-state index contributed by atoms with van der Waals surface area (Å²) in [7, 11) is 0. The summed E-state index contributed by atoms with van der Waals surface area (Å²) < 4.78 is 0. The highest BCUT2D eigenvalue weighted by atomic mass is 35.5. The Bertz CT molecular complexity index is 719. The van der Waals surface area contributed by atoms with Crippen LogP contribution in [0.3, 0.4) is 0 Å². The maximum Gasteiger partial charge on any atom is 0.255 e. The molecule has 4 nitrogen and oxygen atoms in total. The maximum atomic E-state index is 12.2. The Hall–Kier alpha value is -2.33. The molecule has 2 rings (SSSR count). The Kier molecular flexibility index (Phi) is 5.06. The minimum atomic E-state index is -0.320. The predicted octanol–water partition coefficient (Wildman–Crippen LogP) is 4.12. The van der Waals surface area contributed by atoms with E-state index in [0.29, 0.717) is 21.8 Å². The number of benzene rings is 2. The molecule has 0 aliphatic carbocycles. The number of amides is 2. The molecule has 0 fully saturated rings. The van der Waals surface area contributed by atoms with Crippen LogP contribution in [0, 0.1) is 0 Å². The second-order valence-corrected chi connectivity index (χ2v) is 6.68. The summed E-state index contributed by atoms with van der Waals surface area (Å²) in [5.41, 5.74) is 1.24. The molecule has 2 aromatic carbocycles. The standard InChI is InChI=1S/C18H19ClN2O2/c1-18(2,3)21-17(23)13-5-4-6-15(11-13)20-16(22)12-7-9-14(19)10-8-12/h4-11H,1-3H3,(H,20,22)(H,21,23). The van der Waals surface area contributed by atoms with E-state index in [0.717, 1.165) is 0 Å². The first-order valence-corrected chi connectivity index (χ1v) is 7.62. The molecule has 120 valence electrons. The summed E-state index contributed by atoms with van der Waals surface area (Å²) in [4.78, 5) is 24.3. The fraction of sp³-hybridized carbons (Fsp3) is 0.222. The van der Waals surface area contributed by atoms with Gasteiger partial charge in [0.05, 0.1) is 0 Å². The highest BCUT2D eigenvalue weighted by Gasteiger charge is 2.15. The van der Waals surface area contributed by atoms with Crippen LogP contribution in [0.5, 0.6) is 0 Å². The molecular weight excluding hydrogens is 312 g/mol. The van der Waals surface area contributed by atoms with Crippen LogP contribution in [0.25, 0.3) is 0 Å². The van der Waals surface area contributed by atoms with Crippen molar-refractivity contribution in [2.24, 2.45) is 0 Å². The molecule has 0 spiro atoms. The lowest BCUT2D eigenvalue weighted by Crippen LogP contribution is -2.40. The average molecular weight is 331 g/mol. The Balaban J connectivity index is 2.12. The summed E-state index contributed by atoms with van der Waals surface area (Å²) in [6.45, 7) is 5.74. The zero-order valence-electron chi connectivity index (χ0n) is 13.3. The first-order valence-electron chi connectivity index (χ1n) is 7.24. The van der Waals surface area contributed by atoms with Gasteiger partial charge >= 0.3 is 0 Å². The van der Waals surface area contributed by atoms with E-state index in [2.05, 4.69) is 10.6 Å². The summed E-state index contributed by atoms with van der Waals surface area (Å²) in [6.07, 6.45) is 0. The summed E-state index contributed by atoms with van der Waals surface area (Å²) in [5.74, 6) is -0.435. The Morgan fingerprint density at radius 3 is 2.17 bits per heavy atom. The third kappa shape index (κ3) is 5.11. The smallest absolute Gasteiger partial charge is 0.255 e. The van der Waals surface area contributed by atoms with Crippen LogP contribution in [-0.4, -0.2) is 17.4 Å². The molecule has 0 aromatic heterocycles. The van der Waals surface area contributed by atoms with E-state index in [1.807, 2.05) is 20.8 Å². The topological polar surface area (TPSA) is 58.2 Å². The fourth-order valence-corrected chi connectivity index (χ4v) is 2.08. The van der Waals surface area contributed by atoms with Crippen LogP contribution < -0.4 is 10.6 Å². The largest absolute Gasteiger partial charge is 0.347 e. The minimum absolute atomic E-state index is 0.180. The number of hydrogen-bond acceptors (Lipinski definition) is 2. The molecule has 0 saturated carbocycles. The lowest BCUT2D eigenvalue weighted by Gasteiger charge is -2.20. The highest BCUT2D eigenvalue weighted by molar-refractivity contribution is 6.30. The van der Waals surface area contributed by atoms with Gasteiger partial charge in [0.15, 0.2) is 0 Å². The quantitative estimate of drug-likeness (QED) is 0.889. The van der Waals surface area contributed by atoms with Crippen molar-refractivity contribution in [3.8, 4) is 0 Å². The van der Waals surface area contributed by atoms with E-state index in [1.165, 1.54) is 0 Å². The number of hydrogen-bond donors (Lipinski definition) is 2. The van der Waals surface area contributed by atoms with Gasteiger partial charge in [-0.1, -0.05) is 17.7 Å². The van der Waals surface area contributed by atoms with Crippen molar-refractivity contribution in [1.82, 2.24) is 5.32 Å². The summed E-state index contributed by atoms with van der Waals surface area (Å²) >= 11 is 5.81. The molecule has 0 heterocycles. The first kappa shape index (κ1) is 17.0. The lowest BCUT2D eigenvalue weighted by atomic mass is 10.1. The minimum Gasteiger partial charge on any atom is -0.347 e. The van der Waals surface area contributed by atoms with Crippen molar-refractivity contribution in [2.45, 2.75) is 26.3 Å². The van der Waals surface area contributed by atoms with Gasteiger partial charge in [0.1, 0.15) is 0 Å². The predicted molar refractivity (Wildman–Crippen MR) is 93.1 cm³/mol. The van der Waals surface area contributed by atoms with Crippen LogP contribution in [0.15, 0.2) is 48.5 Å². The van der Waals surface area contributed by atoms with Crippen LogP contribution >= 0.6 is 11.6 Å². The third-order valence-electron chi connectivity index (χ3n) is 2.98. The third-order valence-corrected chi connectivity index (χ3v) is 3.23. The first-order chi connectivity index (χ1) is 10.7. The lowest BCUT2D eigenvalue weighted by molar-refractivity contribution is 0.0918. The van der Waals surface area contributed by atoms with Gasteiger partial charge in [-0.05, 0) is 63.2 Å². The van der Waals surface area contributed by atoms with Crippen molar-refractivity contribution in [1.29, 1.82) is 0 Å². The van der Waals surface area contributed by atoms with E-state index in [9.17, 15) is 9.59 Å². The van der Waals surface area contributed by atoms with E-state index >= 15 is 0 Å². The average Bonchev–Trinajstić information content (AvgIpc) is 2.46. The zero-order valence-corrected chi connectivity index (χ0v) is 14.1. The molecule has 0 unspecified atom stereocenters. The van der Waals surface area contributed by atoms with Gasteiger partial charge < -0.3 is 10.6 Å². The van der Waals surface area contributed by atoms with Crippen LogP contribution in [0.2, 0.25) is 5.02 Å². The van der Waals surface area contributed by atoms with Crippen molar-refractivity contribution in [3.05, 3.63) is 64.7 Å². The van der Waals surface area contributed by atoms with E-state index in [4.69, 9.17) is 11.6 Å². The Morgan fingerprint density at radius 2 is 1.57 bits per heavy atom. The maximum absolute atomic E-state index is 12.2. The van der Waals surface area contributed by atoms with E-state index in [-0.39, 0.29) is 17.4 Å². The number of carbonyl (C=O) groups is 2. The molecule has 0 aliphatic rings. The number of anilines is 1. The van der Waals surface area contributed by atoms with E-state index in [1.54, 1.807) is 48.5 Å². The SMILES string of the molecule is CC(C)(C)NC(=O)c1cccc(NC(=O)c2ccc(Cl)cc2)c1. The van der Waals surface area contributed by atoms with Gasteiger partial charge in [-0.3, -0.25) is 9.59 Å². The van der Waals surface area contributed by atoms with Gasteiger partial charge in [-0.15, -0.1) is 0 Å². The molecule has 0 saturated heterocycles. The Morgan fingerprint density at radius 1 is 0.913 bits per heavy atom. The summed E-state index contributed by atoms with van der Waals surface area (Å²) in [6, 6.07) is 13.4. The van der Waals surface area contributed by atoms with Gasteiger partial charge in [0.2, 0.25) is 0 Å². The van der Waals surface area contributed by atoms with Crippen LogP contribution in [0.4, 0.5) is 5.69 Å². The van der Waals surface area contributed by atoms with Crippen molar-refractivity contribution in [3.63, 3.8) is 0 Å². The molecule has 2 amide bonds. The molecule has 2 N–H and O–H groups in total. The van der Waals surface area contributed by atoms with Crippen molar-refractivity contribution >= 4 is 29.1 Å². The monoisotopic (exact) mass is 330 g/mol. The Labute approximate surface area is 140 Å². The van der Waals surface area contributed by atoms with Crippen molar-refractivity contribution < 1.29 is 9.59 Å². The normalized spacial score (nSPS) is 11.0. The second kappa shape index (κ2) is 6.84. The number of carbonyl (C=O) groups excluding carboxylic acids is 2. The molecule has 0 aliphatic heterocycles. The van der Waals surface area contributed by atoms with Crippen LogP contribution in [0.1, 0.15) is 41.5 Å². The summed E-state index contributed by atoms with van der Waals surface area (Å²) in [5, 5.41) is 6.23. The molecule has 0 atom stereocenters.